The molecule has 0 aromatic heterocycles. The molecule has 2 amide bonds. The Bertz CT molecular complexity index is 321. The predicted molar refractivity (Wildman–Crippen MR) is 107 cm³/mol. The van der Waals surface area contributed by atoms with Gasteiger partial charge in [-0.25, -0.2) is 0 Å². The Labute approximate surface area is 155 Å². The predicted octanol–water partition coefficient (Wildman–Crippen LogP) is 3.24. The number of thiol groups is 1. The first kappa shape index (κ1) is 28.1. The van der Waals surface area contributed by atoms with Crippen LogP contribution in [-0.2, 0) is 14.3 Å². The van der Waals surface area contributed by atoms with Crippen molar-refractivity contribution in [3.05, 3.63) is 0 Å². The molecule has 0 rings (SSSR count). The van der Waals surface area contributed by atoms with Gasteiger partial charge in [-0.3, -0.25) is 9.59 Å². The van der Waals surface area contributed by atoms with E-state index >= 15 is 0 Å². The zero-order valence-electron chi connectivity index (χ0n) is 17.2. The van der Waals surface area contributed by atoms with Crippen LogP contribution in [-0.4, -0.2) is 56.3 Å². The average molecular weight is 365 g/mol. The number of nitrogens with zero attached hydrogens (tertiary/aromatic N) is 1. The van der Waals surface area contributed by atoms with Crippen LogP contribution in [0.15, 0.2) is 0 Å². The summed E-state index contributed by atoms with van der Waals surface area (Å²) in [5.74, 6) is 0.628. The summed E-state index contributed by atoms with van der Waals surface area (Å²) in [6.45, 7) is 15.2. The van der Waals surface area contributed by atoms with Gasteiger partial charge in [0.15, 0.2) is 0 Å². The largest absolute Gasteiger partial charge is 0.379 e. The van der Waals surface area contributed by atoms with Gasteiger partial charge >= 0.3 is 0 Å². The van der Waals surface area contributed by atoms with Crippen LogP contribution in [0.4, 0.5) is 0 Å². The molecule has 0 heterocycles. The SMILES string of the molecule is CC.CC.CC(CC(=O)NCCOCCS)C(C)(C)C(=O)N(C)C. The van der Waals surface area contributed by atoms with Crippen LogP contribution in [0.1, 0.15) is 54.9 Å². The van der Waals surface area contributed by atoms with Gasteiger partial charge in [-0.05, 0) is 5.92 Å². The smallest absolute Gasteiger partial charge is 0.227 e. The molecular formula is C18H40N2O3S. The van der Waals surface area contributed by atoms with Gasteiger partial charge in [0.05, 0.1) is 13.2 Å². The van der Waals surface area contributed by atoms with E-state index < -0.39 is 5.41 Å². The summed E-state index contributed by atoms with van der Waals surface area (Å²) in [6.07, 6.45) is 0.332. The van der Waals surface area contributed by atoms with Crippen molar-refractivity contribution >= 4 is 24.4 Å². The van der Waals surface area contributed by atoms with Crippen LogP contribution < -0.4 is 5.32 Å². The maximum absolute atomic E-state index is 12.1. The second-order valence-corrected chi connectivity index (χ2v) is 6.16. The van der Waals surface area contributed by atoms with Gasteiger partial charge in [0, 0.05) is 38.2 Å². The van der Waals surface area contributed by atoms with Crippen molar-refractivity contribution in [1.82, 2.24) is 10.2 Å². The molecule has 5 nitrogen and oxygen atoms in total. The van der Waals surface area contributed by atoms with Crippen LogP contribution in [0, 0.1) is 11.3 Å². The van der Waals surface area contributed by atoms with Crippen LogP contribution in [0.3, 0.4) is 0 Å². The maximum atomic E-state index is 12.1. The first-order valence-corrected chi connectivity index (χ1v) is 9.53. The van der Waals surface area contributed by atoms with E-state index in [9.17, 15) is 9.59 Å². The summed E-state index contributed by atoms with van der Waals surface area (Å²) in [5.41, 5.74) is -0.552. The summed E-state index contributed by atoms with van der Waals surface area (Å²) in [4.78, 5) is 25.5. The Kier molecular flexibility index (Phi) is 20.0. The number of nitrogens with one attached hydrogen (secondary N) is 1. The zero-order valence-corrected chi connectivity index (χ0v) is 18.1. The fourth-order valence-corrected chi connectivity index (χ4v) is 1.95. The Morgan fingerprint density at radius 1 is 1.12 bits per heavy atom. The van der Waals surface area contributed by atoms with E-state index in [1.54, 1.807) is 19.0 Å². The molecule has 0 bridgehead atoms. The highest BCUT2D eigenvalue weighted by atomic mass is 32.1. The number of hydrogen-bond donors (Lipinski definition) is 2. The van der Waals surface area contributed by atoms with E-state index in [-0.39, 0.29) is 17.7 Å². The Balaban J connectivity index is -0.00000102. The highest BCUT2D eigenvalue weighted by Crippen LogP contribution is 2.30. The highest BCUT2D eigenvalue weighted by Gasteiger charge is 2.35. The van der Waals surface area contributed by atoms with E-state index in [4.69, 9.17) is 4.74 Å². The van der Waals surface area contributed by atoms with Crippen LogP contribution in [0.2, 0.25) is 0 Å². The summed E-state index contributed by atoms with van der Waals surface area (Å²) >= 11 is 4.03. The number of carbonyl (C=O) groups excluding carboxylic acids is 2. The van der Waals surface area contributed by atoms with Gasteiger partial charge in [0.1, 0.15) is 0 Å². The first-order valence-electron chi connectivity index (χ1n) is 8.90. The lowest BCUT2D eigenvalue weighted by Gasteiger charge is -2.32. The molecule has 0 saturated heterocycles. The van der Waals surface area contributed by atoms with Crippen molar-refractivity contribution in [3.63, 3.8) is 0 Å². The topological polar surface area (TPSA) is 58.6 Å². The monoisotopic (exact) mass is 364 g/mol. The molecule has 0 spiro atoms. The van der Waals surface area contributed by atoms with E-state index in [0.717, 1.165) is 0 Å². The molecule has 0 aromatic carbocycles. The standard InChI is InChI=1S/C14H28N2O3S.2C2H6/c1-11(14(2,3)13(18)16(4)5)10-12(17)15-6-7-19-8-9-20;2*1-2/h11,20H,6-10H2,1-5H3,(H,15,17);2*1-2H3. The van der Waals surface area contributed by atoms with Crippen molar-refractivity contribution in [2.24, 2.45) is 11.3 Å². The minimum Gasteiger partial charge on any atom is -0.379 e. The first-order chi connectivity index (χ1) is 11.2. The second kappa shape index (κ2) is 17.1. The quantitative estimate of drug-likeness (QED) is 0.488. The number of ether oxygens (including phenoxy) is 1. The summed E-state index contributed by atoms with van der Waals surface area (Å²) in [6, 6.07) is 0. The summed E-state index contributed by atoms with van der Waals surface area (Å²) < 4.78 is 5.22. The molecular weight excluding hydrogens is 324 g/mol. The molecule has 1 unspecified atom stereocenters. The maximum Gasteiger partial charge on any atom is 0.227 e. The number of rotatable bonds is 9. The third kappa shape index (κ3) is 12.6. The van der Waals surface area contributed by atoms with E-state index in [0.29, 0.717) is 31.9 Å². The molecule has 0 radical (unpaired) electrons. The van der Waals surface area contributed by atoms with Gasteiger partial charge in [0.25, 0.3) is 0 Å². The van der Waals surface area contributed by atoms with Gasteiger partial charge in [0.2, 0.25) is 11.8 Å². The lowest BCUT2D eigenvalue weighted by Crippen LogP contribution is -2.42. The number of hydrogen-bond acceptors (Lipinski definition) is 4. The van der Waals surface area contributed by atoms with E-state index in [1.807, 2.05) is 48.5 Å². The lowest BCUT2D eigenvalue weighted by molar-refractivity contribution is -0.141. The van der Waals surface area contributed by atoms with Gasteiger partial charge in [-0.2, -0.15) is 12.6 Å². The summed E-state index contributed by atoms with van der Waals surface area (Å²) in [5, 5.41) is 2.80. The Morgan fingerprint density at radius 2 is 1.62 bits per heavy atom. The molecule has 0 fully saturated rings. The Morgan fingerprint density at radius 3 is 2.04 bits per heavy atom. The summed E-state index contributed by atoms with van der Waals surface area (Å²) in [7, 11) is 3.46. The van der Waals surface area contributed by atoms with Crippen molar-refractivity contribution < 1.29 is 14.3 Å². The molecule has 0 saturated carbocycles. The van der Waals surface area contributed by atoms with Crippen molar-refractivity contribution in [2.45, 2.75) is 54.9 Å². The molecule has 0 aliphatic carbocycles. The Hall–Kier alpha value is -0.750. The third-order valence-electron chi connectivity index (χ3n) is 3.49. The third-order valence-corrected chi connectivity index (χ3v) is 3.67. The van der Waals surface area contributed by atoms with Crippen molar-refractivity contribution in [2.75, 3.05) is 39.6 Å². The van der Waals surface area contributed by atoms with Crippen molar-refractivity contribution in [1.29, 1.82) is 0 Å². The van der Waals surface area contributed by atoms with Crippen LogP contribution >= 0.6 is 12.6 Å². The molecule has 1 N–H and O–H groups in total. The molecule has 1 atom stereocenters. The van der Waals surface area contributed by atoms with E-state index in [1.165, 1.54) is 0 Å². The van der Waals surface area contributed by atoms with Gasteiger partial charge < -0.3 is 15.0 Å². The fourth-order valence-electron chi connectivity index (χ4n) is 1.82. The van der Waals surface area contributed by atoms with Crippen molar-refractivity contribution in [3.8, 4) is 0 Å². The second-order valence-electron chi connectivity index (χ2n) is 5.71. The zero-order chi connectivity index (χ0) is 19.8. The molecule has 6 heteroatoms. The molecule has 0 aliphatic heterocycles. The average Bonchev–Trinajstić information content (AvgIpc) is 2.57. The molecule has 0 aromatic rings. The highest BCUT2D eigenvalue weighted by molar-refractivity contribution is 7.80. The normalized spacial score (nSPS) is 11.2. The van der Waals surface area contributed by atoms with Gasteiger partial charge in [-0.1, -0.05) is 48.5 Å². The fraction of sp³-hybridized carbons (Fsp3) is 0.889. The van der Waals surface area contributed by atoms with E-state index in [2.05, 4.69) is 17.9 Å². The minimum atomic E-state index is -0.552. The number of amides is 2. The van der Waals surface area contributed by atoms with Gasteiger partial charge in [-0.15, -0.1) is 0 Å². The molecule has 0 aliphatic rings. The van der Waals surface area contributed by atoms with Crippen LogP contribution in [0.5, 0.6) is 0 Å². The van der Waals surface area contributed by atoms with Crippen LogP contribution in [0.25, 0.3) is 0 Å². The molecule has 24 heavy (non-hydrogen) atoms. The lowest BCUT2D eigenvalue weighted by atomic mass is 9.77. The minimum absolute atomic E-state index is 0.0317. The number of carbonyl (C=O) groups is 2. The molecule has 146 valence electrons.